The number of carbonyl (C=O) groups excluding carboxylic acids is 3. The fourth-order valence-electron chi connectivity index (χ4n) is 4.05. The van der Waals surface area contributed by atoms with Gasteiger partial charge in [0.2, 0.25) is 5.91 Å². The molecule has 11 heteroatoms. The number of hydrogen-bond acceptors (Lipinski definition) is 7. The molecule has 2 aliphatic rings. The van der Waals surface area contributed by atoms with E-state index in [1.54, 1.807) is 41.8 Å². The molecule has 2 fully saturated rings. The molecule has 9 nitrogen and oxygen atoms in total. The fraction of sp³-hybridized carbons (Fsp3) is 0.269. The van der Waals surface area contributed by atoms with Crippen LogP contribution >= 0.6 is 23.1 Å². The highest BCUT2D eigenvalue weighted by Crippen LogP contribution is 2.42. The molecule has 1 aromatic heterocycles. The van der Waals surface area contributed by atoms with Gasteiger partial charge in [-0.25, -0.2) is 9.78 Å². The van der Waals surface area contributed by atoms with Crippen molar-refractivity contribution in [1.82, 2.24) is 15.2 Å². The van der Waals surface area contributed by atoms with E-state index in [2.05, 4.69) is 15.6 Å². The van der Waals surface area contributed by atoms with Gasteiger partial charge in [0.1, 0.15) is 11.4 Å². The molecule has 2 aromatic carbocycles. The van der Waals surface area contributed by atoms with Gasteiger partial charge in [-0.15, -0.1) is 23.1 Å². The number of nitrogens with one attached hydrogen (secondary N) is 2. The number of aromatic nitrogens is 1. The number of carboxylic acid groups (broad SMARTS) is 1. The van der Waals surface area contributed by atoms with Gasteiger partial charge in [-0.1, -0.05) is 30.3 Å². The van der Waals surface area contributed by atoms with E-state index in [4.69, 9.17) is 0 Å². The number of carbonyl (C=O) groups is 4. The highest BCUT2D eigenvalue weighted by atomic mass is 32.2. The van der Waals surface area contributed by atoms with Crippen molar-refractivity contribution in [3.05, 3.63) is 70.6 Å². The number of anilines is 1. The van der Waals surface area contributed by atoms with Crippen molar-refractivity contribution >= 4 is 51.9 Å². The maximum absolute atomic E-state index is 13.1. The molecule has 0 radical (unpaired) electrons. The Balaban J connectivity index is 1.26. The third-order valence-corrected chi connectivity index (χ3v) is 8.27. The molecular formula is C26H24N4O5S2. The van der Waals surface area contributed by atoms with Gasteiger partial charge in [0.05, 0.1) is 5.69 Å². The molecule has 5 rings (SSSR count). The van der Waals surface area contributed by atoms with Crippen LogP contribution in [0.4, 0.5) is 9.93 Å². The Morgan fingerprint density at radius 2 is 1.81 bits per heavy atom. The largest absolute Gasteiger partial charge is 0.465 e. The lowest BCUT2D eigenvalue weighted by Gasteiger charge is -2.26. The first-order chi connectivity index (χ1) is 17.8. The summed E-state index contributed by atoms with van der Waals surface area (Å²) in [6, 6.07) is 13.3. The summed E-state index contributed by atoms with van der Waals surface area (Å²) in [5.41, 5.74) is 3.16. The molecule has 3 aromatic rings. The first kappa shape index (κ1) is 25.0. The van der Waals surface area contributed by atoms with E-state index in [9.17, 15) is 24.3 Å². The molecule has 0 bridgehead atoms. The number of thioether (sulfide) groups is 1. The molecule has 1 aliphatic carbocycles. The highest BCUT2D eigenvalue weighted by molar-refractivity contribution is 7.99. The number of rotatable bonds is 7. The molecule has 0 spiro atoms. The van der Waals surface area contributed by atoms with Gasteiger partial charge in [0.25, 0.3) is 5.91 Å². The van der Waals surface area contributed by atoms with Crippen LogP contribution in [0.15, 0.2) is 53.9 Å². The van der Waals surface area contributed by atoms with Crippen LogP contribution in [0.2, 0.25) is 0 Å². The minimum absolute atomic E-state index is 0.0935. The second-order valence-corrected chi connectivity index (χ2v) is 10.9. The third-order valence-electron chi connectivity index (χ3n) is 6.19. The average Bonchev–Trinajstić information content (AvgIpc) is 3.39. The maximum Gasteiger partial charge on any atom is 0.409 e. The van der Waals surface area contributed by atoms with E-state index in [-0.39, 0.29) is 23.5 Å². The Kier molecular flexibility index (Phi) is 6.98. The van der Waals surface area contributed by atoms with E-state index < -0.39 is 23.4 Å². The van der Waals surface area contributed by atoms with E-state index in [1.165, 1.54) is 30.0 Å². The molecule has 2 heterocycles. The normalized spacial score (nSPS) is 18.9. The third kappa shape index (κ3) is 5.52. The second kappa shape index (κ2) is 10.3. The number of Topliss-reactive ketones (excluding diaryl/α,β-unsaturated/α-hetero) is 1. The van der Waals surface area contributed by atoms with E-state index in [0.717, 1.165) is 23.3 Å². The van der Waals surface area contributed by atoms with Crippen molar-refractivity contribution in [1.29, 1.82) is 0 Å². The van der Waals surface area contributed by atoms with Crippen LogP contribution in [0.5, 0.6) is 0 Å². The molecule has 1 saturated carbocycles. The number of nitrogens with zero attached hydrogens (tertiary/aromatic N) is 2. The number of thiazole rings is 1. The Morgan fingerprint density at radius 3 is 2.49 bits per heavy atom. The molecule has 2 atom stereocenters. The lowest BCUT2D eigenvalue weighted by atomic mass is 10.1. The van der Waals surface area contributed by atoms with Crippen molar-refractivity contribution in [3.8, 4) is 11.3 Å². The molecule has 1 saturated heterocycles. The summed E-state index contributed by atoms with van der Waals surface area (Å²) < 4.78 is 0. The molecule has 3 amide bonds. The lowest BCUT2D eigenvalue weighted by Crippen LogP contribution is -2.44. The maximum atomic E-state index is 13.1. The van der Waals surface area contributed by atoms with E-state index >= 15 is 0 Å². The van der Waals surface area contributed by atoms with Gasteiger partial charge in [-0.2, -0.15) is 0 Å². The van der Waals surface area contributed by atoms with Crippen LogP contribution in [-0.2, 0) is 4.79 Å². The standard InChI is InChI=1S/C26H24N4O5S2/c1-14(31)17-3-2-4-18(11-17)24-30(26(34)35)21(13-36-24)23(33)29-25-28-20(12-37-25)15-5-7-16(8-6-15)22(32)27-19-9-10-19/h2-8,11-12,19,21,24H,9-10,13H2,1H3,(H,27,32)(H,34,35)(H,28,29,33). The Bertz CT molecular complexity index is 1370. The predicted molar refractivity (Wildman–Crippen MR) is 142 cm³/mol. The smallest absolute Gasteiger partial charge is 0.409 e. The molecule has 2 unspecified atom stereocenters. The summed E-state index contributed by atoms with van der Waals surface area (Å²) in [5.74, 6) is -0.399. The summed E-state index contributed by atoms with van der Waals surface area (Å²) in [5, 5.41) is 17.1. The first-order valence-electron chi connectivity index (χ1n) is 11.7. The Hall–Kier alpha value is -3.70. The number of ketones is 1. The summed E-state index contributed by atoms with van der Waals surface area (Å²) in [6.07, 6.45) is 0.831. The van der Waals surface area contributed by atoms with Gasteiger partial charge in [0, 0.05) is 33.9 Å². The van der Waals surface area contributed by atoms with Crippen molar-refractivity contribution in [2.24, 2.45) is 0 Å². The zero-order valence-corrected chi connectivity index (χ0v) is 21.5. The van der Waals surface area contributed by atoms with Gasteiger partial charge in [0.15, 0.2) is 10.9 Å². The van der Waals surface area contributed by atoms with Crippen LogP contribution < -0.4 is 10.6 Å². The quantitative estimate of drug-likeness (QED) is 0.375. The Morgan fingerprint density at radius 1 is 1.05 bits per heavy atom. The Labute approximate surface area is 221 Å². The van der Waals surface area contributed by atoms with Crippen LogP contribution in [0.3, 0.4) is 0 Å². The molecular weight excluding hydrogens is 512 g/mol. The van der Waals surface area contributed by atoms with E-state index in [0.29, 0.717) is 27.5 Å². The fourth-order valence-corrected chi connectivity index (χ4v) is 6.19. The predicted octanol–water partition coefficient (Wildman–Crippen LogP) is 4.64. The van der Waals surface area contributed by atoms with Gasteiger partial charge in [-0.05, 0) is 43.5 Å². The van der Waals surface area contributed by atoms with E-state index in [1.807, 2.05) is 12.1 Å². The minimum atomic E-state index is -1.21. The number of benzene rings is 2. The van der Waals surface area contributed by atoms with Crippen molar-refractivity contribution in [2.45, 2.75) is 37.2 Å². The molecule has 1 aliphatic heterocycles. The summed E-state index contributed by atoms with van der Waals surface area (Å²) in [6.45, 7) is 1.45. The summed E-state index contributed by atoms with van der Waals surface area (Å²) in [4.78, 5) is 54.8. The van der Waals surface area contributed by atoms with Gasteiger partial charge < -0.3 is 15.7 Å². The van der Waals surface area contributed by atoms with Crippen LogP contribution in [0.25, 0.3) is 11.3 Å². The summed E-state index contributed by atoms with van der Waals surface area (Å²) >= 11 is 2.57. The average molecular weight is 537 g/mol. The number of amides is 3. The van der Waals surface area contributed by atoms with Crippen LogP contribution in [-0.4, -0.2) is 56.5 Å². The van der Waals surface area contributed by atoms with Crippen molar-refractivity contribution in [2.75, 3.05) is 11.1 Å². The molecule has 190 valence electrons. The van der Waals surface area contributed by atoms with Crippen molar-refractivity contribution in [3.63, 3.8) is 0 Å². The topological polar surface area (TPSA) is 129 Å². The second-order valence-electron chi connectivity index (χ2n) is 8.93. The summed E-state index contributed by atoms with van der Waals surface area (Å²) in [7, 11) is 0. The lowest BCUT2D eigenvalue weighted by molar-refractivity contribution is -0.119. The van der Waals surface area contributed by atoms with Crippen LogP contribution in [0, 0.1) is 0 Å². The highest BCUT2D eigenvalue weighted by Gasteiger charge is 2.42. The van der Waals surface area contributed by atoms with Crippen LogP contribution in [0.1, 0.15) is 51.4 Å². The number of hydrogen-bond donors (Lipinski definition) is 3. The first-order valence-corrected chi connectivity index (χ1v) is 13.6. The zero-order valence-electron chi connectivity index (χ0n) is 19.8. The minimum Gasteiger partial charge on any atom is -0.465 e. The monoisotopic (exact) mass is 536 g/mol. The zero-order chi connectivity index (χ0) is 26.1. The SMILES string of the molecule is CC(=O)c1cccc(C2SCC(C(=O)Nc3nc(-c4ccc(C(=O)NC5CC5)cc4)cs3)N2C(=O)O)c1. The molecule has 37 heavy (non-hydrogen) atoms. The van der Waals surface area contributed by atoms with Crippen molar-refractivity contribution < 1.29 is 24.3 Å². The van der Waals surface area contributed by atoms with Gasteiger partial charge >= 0.3 is 6.09 Å². The van der Waals surface area contributed by atoms with Gasteiger partial charge in [-0.3, -0.25) is 19.3 Å². The molecule has 3 N–H and O–H groups in total.